The summed E-state index contributed by atoms with van der Waals surface area (Å²) < 4.78 is 49.8. The van der Waals surface area contributed by atoms with Crippen molar-refractivity contribution in [2.24, 2.45) is 5.92 Å². The van der Waals surface area contributed by atoms with Gasteiger partial charge in [0.1, 0.15) is 0 Å². The van der Waals surface area contributed by atoms with Gasteiger partial charge in [0, 0.05) is 18.2 Å². The smallest absolute Gasteiger partial charge is 0.251 e. The monoisotopic (exact) mass is 374 g/mol. The summed E-state index contributed by atoms with van der Waals surface area (Å²) in [5.41, 5.74) is 0.373. The molecule has 2 N–H and O–H groups in total. The summed E-state index contributed by atoms with van der Waals surface area (Å²) in [5.74, 6) is -0.125. The van der Waals surface area contributed by atoms with E-state index in [1.165, 1.54) is 24.3 Å². The van der Waals surface area contributed by atoms with E-state index in [-0.39, 0.29) is 28.7 Å². The quantitative estimate of drug-likeness (QED) is 0.755. The van der Waals surface area contributed by atoms with Crippen molar-refractivity contribution >= 4 is 25.8 Å². The minimum absolute atomic E-state index is 0.00481. The Morgan fingerprint density at radius 1 is 1.25 bits per heavy atom. The molecule has 1 aromatic carbocycles. The first-order valence-electron chi connectivity index (χ1n) is 7.70. The summed E-state index contributed by atoms with van der Waals surface area (Å²) in [6.07, 6.45) is 0.275. The Kier molecular flexibility index (Phi) is 5.67. The van der Waals surface area contributed by atoms with Crippen LogP contribution in [0, 0.1) is 5.92 Å². The number of benzene rings is 1. The van der Waals surface area contributed by atoms with Crippen LogP contribution in [0.5, 0.6) is 0 Å². The average molecular weight is 374 g/mol. The molecule has 2 rings (SSSR count). The van der Waals surface area contributed by atoms with E-state index in [1.54, 1.807) is 0 Å². The lowest BCUT2D eigenvalue weighted by Crippen LogP contribution is -2.35. The van der Waals surface area contributed by atoms with E-state index in [0.717, 1.165) is 0 Å². The molecule has 24 heavy (non-hydrogen) atoms. The summed E-state index contributed by atoms with van der Waals surface area (Å²) in [5, 5.41) is 2.75. The highest BCUT2D eigenvalue weighted by molar-refractivity contribution is 7.92. The zero-order valence-corrected chi connectivity index (χ0v) is 15.3. The number of carbonyl (C=O) groups excluding carboxylic acids is 1. The summed E-state index contributed by atoms with van der Waals surface area (Å²) in [4.78, 5) is 11.9. The van der Waals surface area contributed by atoms with Crippen LogP contribution in [0.2, 0.25) is 0 Å². The number of carbonyl (C=O) groups is 1. The number of rotatable bonds is 6. The van der Waals surface area contributed by atoms with Crippen LogP contribution in [0.4, 0.5) is 0 Å². The van der Waals surface area contributed by atoms with Gasteiger partial charge in [0.15, 0.2) is 9.84 Å². The fourth-order valence-electron chi connectivity index (χ4n) is 2.36. The molecule has 0 aliphatic carbocycles. The SMILES string of the molecule is CC(C)CNC(=O)c1ccc(S(=O)(=O)N[C@@H]2CCS(=O)(=O)C2)cc1. The van der Waals surface area contributed by atoms with E-state index in [9.17, 15) is 21.6 Å². The van der Waals surface area contributed by atoms with Crippen molar-refractivity contribution in [1.82, 2.24) is 10.0 Å². The molecule has 0 saturated carbocycles. The predicted octanol–water partition coefficient (Wildman–Crippen LogP) is 0.538. The van der Waals surface area contributed by atoms with E-state index in [0.29, 0.717) is 18.0 Å². The first-order valence-corrected chi connectivity index (χ1v) is 11.0. The van der Waals surface area contributed by atoms with Gasteiger partial charge >= 0.3 is 0 Å². The predicted molar refractivity (Wildman–Crippen MR) is 91.0 cm³/mol. The zero-order chi connectivity index (χ0) is 18.0. The lowest BCUT2D eigenvalue weighted by molar-refractivity contribution is 0.0949. The van der Waals surface area contributed by atoms with E-state index >= 15 is 0 Å². The van der Waals surface area contributed by atoms with Gasteiger partial charge in [0.25, 0.3) is 5.91 Å². The topological polar surface area (TPSA) is 109 Å². The number of nitrogens with one attached hydrogen (secondary N) is 2. The van der Waals surface area contributed by atoms with Gasteiger partial charge in [-0.3, -0.25) is 4.79 Å². The van der Waals surface area contributed by atoms with Crippen LogP contribution in [0.25, 0.3) is 0 Å². The fraction of sp³-hybridized carbons (Fsp3) is 0.533. The van der Waals surface area contributed by atoms with Crippen molar-refractivity contribution in [3.63, 3.8) is 0 Å². The first kappa shape index (κ1) is 18.9. The molecule has 1 atom stereocenters. The molecule has 1 saturated heterocycles. The molecule has 0 unspecified atom stereocenters. The number of amides is 1. The van der Waals surface area contributed by atoms with E-state index in [4.69, 9.17) is 0 Å². The molecule has 0 spiro atoms. The molecule has 0 radical (unpaired) electrons. The highest BCUT2D eigenvalue weighted by atomic mass is 32.2. The Balaban J connectivity index is 2.05. The Hall–Kier alpha value is -1.45. The number of hydrogen-bond donors (Lipinski definition) is 2. The van der Waals surface area contributed by atoms with Crippen LogP contribution in [0.15, 0.2) is 29.2 Å². The maximum absolute atomic E-state index is 12.3. The van der Waals surface area contributed by atoms with Crippen LogP contribution < -0.4 is 10.0 Å². The van der Waals surface area contributed by atoms with Crippen LogP contribution in [-0.2, 0) is 19.9 Å². The second-order valence-corrected chi connectivity index (χ2v) is 10.3. The molecule has 1 aliphatic rings. The lowest BCUT2D eigenvalue weighted by Gasteiger charge is -2.12. The molecule has 1 aliphatic heterocycles. The van der Waals surface area contributed by atoms with Crippen molar-refractivity contribution < 1.29 is 21.6 Å². The Bertz CT molecular complexity index is 799. The molecule has 1 heterocycles. The largest absolute Gasteiger partial charge is 0.352 e. The fourth-order valence-corrected chi connectivity index (χ4v) is 5.41. The van der Waals surface area contributed by atoms with Crippen molar-refractivity contribution in [2.75, 3.05) is 18.1 Å². The molecular formula is C15H22N2O5S2. The van der Waals surface area contributed by atoms with Crippen molar-refractivity contribution in [2.45, 2.75) is 31.2 Å². The van der Waals surface area contributed by atoms with Crippen LogP contribution in [-0.4, -0.2) is 46.8 Å². The third kappa shape index (κ3) is 5.02. The second-order valence-electron chi connectivity index (χ2n) is 6.35. The van der Waals surface area contributed by atoms with Gasteiger partial charge in [-0.05, 0) is 36.6 Å². The maximum atomic E-state index is 12.3. The molecule has 0 aromatic heterocycles. The van der Waals surface area contributed by atoms with Gasteiger partial charge in [0.2, 0.25) is 10.0 Å². The normalized spacial score (nSPS) is 20.2. The van der Waals surface area contributed by atoms with Gasteiger partial charge in [-0.1, -0.05) is 13.8 Å². The molecule has 9 heteroatoms. The average Bonchev–Trinajstić information content (AvgIpc) is 2.83. The highest BCUT2D eigenvalue weighted by Gasteiger charge is 2.31. The summed E-state index contributed by atoms with van der Waals surface area (Å²) >= 11 is 0. The van der Waals surface area contributed by atoms with Gasteiger partial charge in [-0.2, -0.15) is 0 Å². The molecule has 1 fully saturated rings. The number of sulfonamides is 1. The molecule has 1 amide bonds. The van der Waals surface area contributed by atoms with Crippen LogP contribution in [0.3, 0.4) is 0 Å². The van der Waals surface area contributed by atoms with E-state index in [2.05, 4.69) is 10.0 Å². The minimum Gasteiger partial charge on any atom is -0.352 e. The number of hydrogen-bond acceptors (Lipinski definition) is 5. The van der Waals surface area contributed by atoms with Crippen LogP contribution >= 0.6 is 0 Å². The first-order chi connectivity index (χ1) is 11.1. The molecular weight excluding hydrogens is 352 g/mol. The third-order valence-corrected chi connectivity index (χ3v) is 6.96. The van der Waals surface area contributed by atoms with Gasteiger partial charge in [-0.25, -0.2) is 21.6 Å². The standard InChI is InChI=1S/C15H22N2O5S2/c1-11(2)9-16-15(18)12-3-5-14(6-4-12)24(21,22)17-13-7-8-23(19,20)10-13/h3-6,11,13,17H,7-10H2,1-2H3,(H,16,18)/t13-/m1/s1. The van der Waals surface area contributed by atoms with Crippen molar-refractivity contribution in [3.05, 3.63) is 29.8 Å². The van der Waals surface area contributed by atoms with Gasteiger partial charge in [0.05, 0.1) is 16.4 Å². The van der Waals surface area contributed by atoms with E-state index in [1.807, 2.05) is 13.8 Å². The van der Waals surface area contributed by atoms with Crippen molar-refractivity contribution in [1.29, 1.82) is 0 Å². The molecule has 0 bridgehead atoms. The highest BCUT2D eigenvalue weighted by Crippen LogP contribution is 2.16. The summed E-state index contributed by atoms with van der Waals surface area (Å²) in [6, 6.07) is 4.96. The summed E-state index contributed by atoms with van der Waals surface area (Å²) in [7, 11) is -6.97. The Labute approximate surface area is 142 Å². The van der Waals surface area contributed by atoms with Gasteiger partial charge in [-0.15, -0.1) is 0 Å². The molecule has 1 aromatic rings. The summed E-state index contributed by atoms with van der Waals surface area (Å²) in [6.45, 7) is 4.49. The number of sulfone groups is 1. The van der Waals surface area contributed by atoms with E-state index < -0.39 is 25.9 Å². The Morgan fingerprint density at radius 2 is 1.88 bits per heavy atom. The Morgan fingerprint density at radius 3 is 2.38 bits per heavy atom. The minimum atomic E-state index is -3.81. The van der Waals surface area contributed by atoms with Crippen LogP contribution in [0.1, 0.15) is 30.6 Å². The molecule has 134 valence electrons. The zero-order valence-electron chi connectivity index (χ0n) is 13.7. The third-order valence-electron chi connectivity index (χ3n) is 3.65. The van der Waals surface area contributed by atoms with Crippen molar-refractivity contribution in [3.8, 4) is 0 Å². The maximum Gasteiger partial charge on any atom is 0.251 e. The van der Waals surface area contributed by atoms with Gasteiger partial charge < -0.3 is 5.32 Å². The molecule has 7 nitrogen and oxygen atoms in total. The lowest BCUT2D eigenvalue weighted by atomic mass is 10.2. The second kappa shape index (κ2) is 7.20.